The summed E-state index contributed by atoms with van der Waals surface area (Å²) in [4.78, 5) is 4.65. The minimum absolute atomic E-state index is 0.491. The molecule has 0 unspecified atom stereocenters. The first-order valence-corrected chi connectivity index (χ1v) is 9.59. The lowest BCUT2D eigenvalue weighted by Gasteiger charge is -2.21. The number of hydrogen-bond acceptors (Lipinski definition) is 5. The highest BCUT2D eigenvalue weighted by atomic mass is 15.4. The van der Waals surface area contributed by atoms with Crippen LogP contribution in [-0.2, 0) is 6.42 Å². The summed E-state index contributed by atoms with van der Waals surface area (Å²) in [6.07, 6.45) is 10.8. The highest BCUT2D eigenvalue weighted by Gasteiger charge is 2.22. The molecule has 1 aromatic rings. The SMILES string of the molecule is C=C(/C=C\C=C(/C)C1CC1)N/C(=C(/N)c1ccc(CCC)c(C)n1)N(C)N. The van der Waals surface area contributed by atoms with Crippen molar-refractivity contribution in [3.05, 3.63) is 71.0 Å². The summed E-state index contributed by atoms with van der Waals surface area (Å²) in [7, 11) is 1.74. The third-order valence-electron chi connectivity index (χ3n) is 4.76. The highest BCUT2D eigenvalue weighted by Crippen LogP contribution is 2.35. The molecular weight excluding hydrogens is 334 g/mol. The van der Waals surface area contributed by atoms with Gasteiger partial charge in [-0.05, 0) is 56.7 Å². The lowest BCUT2D eigenvalue weighted by molar-refractivity contribution is 0.416. The van der Waals surface area contributed by atoms with Crippen LogP contribution in [0.25, 0.3) is 5.70 Å². The van der Waals surface area contributed by atoms with Gasteiger partial charge in [0, 0.05) is 18.4 Å². The minimum atomic E-state index is 0.491. The molecule has 0 aliphatic heterocycles. The molecule has 1 fully saturated rings. The number of nitrogens with one attached hydrogen (secondary N) is 1. The van der Waals surface area contributed by atoms with E-state index in [-0.39, 0.29) is 0 Å². The van der Waals surface area contributed by atoms with E-state index in [0.29, 0.717) is 22.9 Å². The molecule has 0 bridgehead atoms. The largest absolute Gasteiger partial charge is 0.394 e. The van der Waals surface area contributed by atoms with Gasteiger partial charge in [-0.25, -0.2) is 5.84 Å². The molecule has 0 radical (unpaired) electrons. The van der Waals surface area contributed by atoms with Gasteiger partial charge >= 0.3 is 0 Å². The Morgan fingerprint density at radius 1 is 1.41 bits per heavy atom. The molecule has 1 aromatic heterocycles. The average Bonchev–Trinajstić information content (AvgIpc) is 3.46. The summed E-state index contributed by atoms with van der Waals surface area (Å²) >= 11 is 0. The lowest BCUT2D eigenvalue weighted by atomic mass is 10.1. The molecule has 1 saturated carbocycles. The van der Waals surface area contributed by atoms with Gasteiger partial charge in [-0.15, -0.1) is 0 Å². The second kappa shape index (κ2) is 9.42. The van der Waals surface area contributed by atoms with Gasteiger partial charge in [-0.2, -0.15) is 0 Å². The van der Waals surface area contributed by atoms with Crippen LogP contribution in [0.5, 0.6) is 0 Å². The summed E-state index contributed by atoms with van der Waals surface area (Å²) in [5.41, 5.74) is 11.9. The number of aryl methyl sites for hydroxylation is 2. The Morgan fingerprint density at radius 2 is 2.11 bits per heavy atom. The maximum atomic E-state index is 6.36. The predicted molar refractivity (Wildman–Crippen MR) is 114 cm³/mol. The van der Waals surface area contributed by atoms with E-state index in [0.717, 1.165) is 24.5 Å². The van der Waals surface area contributed by atoms with Crippen molar-refractivity contribution in [2.75, 3.05) is 7.05 Å². The smallest absolute Gasteiger partial charge is 0.146 e. The second-order valence-corrected chi connectivity index (χ2v) is 7.26. The summed E-state index contributed by atoms with van der Waals surface area (Å²) < 4.78 is 0. The van der Waals surface area contributed by atoms with Gasteiger partial charge in [0.25, 0.3) is 0 Å². The second-order valence-electron chi connectivity index (χ2n) is 7.26. The molecule has 1 heterocycles. The molecule has 5 heteroatoms. The summed E-state index contributed by atoms with van der Waals surface area (Å²) in [6, 6.07) is 4.03. The third kappa shape index (κ3) is 6.00. The number of nitrogens with two attached hydrogens (primary N) is 2. The van der Waals surface area contributed by atoms with Crippen molar-refractivity contribution in [1.82, 2.24) is 15.3 Å². The summed E-state index contributed by atoms with van der Waals surface area (Å²) in [6.45, 7) is 10.4. The van der Waals surface area contributed by atoms with E-state index >= 15 is 0 Å². The Morgan fingerprint density at radius 3 is 2.67 bits per heavy atom. The Bertz CT molecular complexity index is 767. The Labute approximate surface area is 163 Å². The van der Waals surface area contributed by atoms with Crippen molar-refractivity contribution >= 4 is 5.70 Å². The molecule has 2 rings (SSSR count). The minimum Gasteiger partial charge on any atom is -0.394 e. The molecule has 1 aliphatic rings. The average molecular weight is 368 g/mol. The Kier molecular flexibility index (Phi) is 7.25. The fraction of sp³-hybridized carbons (Fsp3) is 0.409. The van der Waals surface area contributed by atoms with E-state index < -0.39 is 0 Å². The van der Waals surface area contributed by atoms with E-state index in [1.165, 1.54) is 29.0 Å². The van der Waals surface area contributed by atoms with Crippen molar-refractivity contribution in [1.29, 1.82) is 0 Å². The highest BCUT2D eigenvalue weighted by molar-refractivity contribution is 5.63. The van der Waals surface area contributed by atoms with Crippen molar-refractivity contribution < 1.29 is 0 Å². The van der Waals surface area contributed by atoms with Crippen molar-refractivity contribution in [2.24, 2.45) is 17.5 Å². The van der Waals surface area contributed by atoms with Crippen molar-refractivity contribution in [2.45, 2.75) is 46.5 Å². The zero-order chi connectivity index (χ0) is 20.0. The quantitative estimate of drug-likeness (QED) is 0.352. The van der Waals surface area contributed by atoms with Gasteiger partial charge in [-0.1, -0.05) is 43.7 Å². The van der Waals surface area contributed by atoms with Crippen LogP contribution in [0.1, 0.15) is 50.1 Å². The van der Waals surface area contributed by atoms with E-state index in [1.807, 2.05) is 25.1 Å². The van der Waals surface area contributed by atoms with Gasteiger partial charge in [0.2, 0.25) is 0 Å². The predicted octanol–water partition coefficient (Wildman–Crippen LogP) is 3.75. The first kappa shape index (κ1) is 20.8. The van der Waals surface area contributed by atoms with Gasteiger partial charge in [-0.3, -0.25) is 9.99 Å². The van der Waals surface area contributed by atoms with Crippen LogP contribution >= 0.6 is 0 Å². The molecule has 0 atom stereocenters. The van der Waals surface area contributed by atoms with Crippen LogP contribution in [0.2, 0.25) is 0 Å². The number of pyridine rings is 1. The summed E-state index contributed by atoms with van der Waals surface area (Å²) in [5, 5.41) is 4.65. The molecular formula is C22H33N5. The molecule has 146 valence electrons. The van der Waals surface area contributed by atoms with E-state index in [9.17, 15) is 0 Å². The number of aromatic nitrogens is 1. The molecule has 0 aromatic carbocycles. The maximum Gasteiger partial charge on any atom is 0.146 e. The Balaban J connectivity index is 2.16. The van der Waals surface area contributed by atoms with Crippen LogP contribution in [0.3, 0.4) is 0 Å². The molecule has 27 heavy (non-hydrogen) atoms. The fourth-order valence-electron chi connectivity index (χ4n) is 2.92. The first-order chi connectivity index (χ1) is 12.8. The Hall–Kier alpha value is -2.53. The lowest BCUT2D eigenvalue weighted by Crippen LogP contribution is -2.35. The van der Waals surface area contributed by atoms with Crippen LogP contribution in [0, 0.1) is 12.8 Å². The van der Waals surface area contributed by atoms with Crippen LogP contribution in [0.15, 0.2) is 54.0 Å². The van der Waals surface area contributed by atoms with Gasteiger partial charge in [0.05, 0.1) is 5.69 Å². The zero-order valence-electron chi connectivity index (χ0n) is 17.0. The number of rotatable bonds is 9. The van der Waals surface area contributed by atoms with Crippen molar-refractivity contribution in [3.63, 3.8) is 0 Å². The number of allylic oxidation sites excluding steroid dienone is 4. The van der Waals surface area contributed by atoms with Crippen LogP contribution < -0.4 is 16.9 Å². The molecule has 5 nitrogen and oxygen atoms in total. The maximum absolute atomic E-state index is 6.36. The standard InChI is InChI=1S/C22H33N5/c1-6-8-19-13-14-20(26-17(19)4)21(23)22(27(5)24)25-16(3)10-7-9-15(2)18-11-12-18/h7,9-10,13-14,18,25H,3,6,8,11-12,23-24H2,1-2,4-5H3/b10-7-,15-9+,22-21-. The molecule has 5 N–H and O–H groups in total. The molecule has 1 aliphatic carbocycles. The van der Waals surface area contributed by atoms with Gasteiger partial charge < -0.3 is 11.1 Å². The van der Waals surface area contributed by atoms with Gasteiger partial charge in [0.1, 0.15) is 11.5 Å². The fourth-order valence-corrected chi connectivity index (χ4v) is 2.92. The monoisotopic (exact) mass is 367 g/mol. The normalized spacial score (nSPS) is 15.7. The van der Waals surface area contributed by atoms with E-state index in [1.54, 1.807) is 7.05 Å². The van der Waals surface area contributed by atoms with Crippen LogP contribution in [0.4, 0.5) is 0 Å². The van der Waals surface area contributed by atoms with Gasteiger partial charge in [0.15, 0.2) is 0 Å². The third-order valence-corrected chi connectivity index (χ3v) is 4.76. The number of hydrogen-bond donors (Lipinski definition) is 3. The number of hydrazine groups is 1. The first-order valence-electron chi connectivity index (χ1n) is 9.59. The van der Waals surface area contributed by atoms with E-state index in [4.69, 9.17) is 11.6 Å². The number of nitrogens with zero attached hydrogens (tertiary/aromatic N) is 2. The molecule has 0 amide bonds. The van der Waals surface area contributed by atoms with Crippen molar-refractivity contribution in [3.8, 4) is 0 Å². The zero-order valence-corrected chi connectivity index (χ0v) is 17.0. The molecule has 0 saturated heterocycles. The van der Waals surface area contributed by atoms with E-state index in [2.05, 4.69) is 42.9 Å². The molecule has 0 spiro atoms. The summed E-state index contributed by atoms with van der Waals surface area (Å²) in [5.74, 6) is 7.33. The topological polar surface area (TPSA) is 80.2 Å². The van der Waals surface area contributed by atoms with Crippen LogP contribution in [-0.4, -0.2) is 17.0 Å².